The molecule has 2 saturated carbocycles. The Morgan fingerprint density at radius 3 is 2.50 bits per heavy atom. The lowest BCUT2D eigenvalue weighted by Gasteiger charge is -2.33. The number of amides is 3. The van der Waals surface area contributed by atoms with Gasteiger partial charge in [0, 0.05) is 42.7 Å². The molecule has 2 saturated heterocycles. The summed E-state index contributed by atoms with van der Waals surface area (Å²) < 4.78 is 0. The fourth-order valence-corrected chi connectivity index (χ4v) is 6.67. The van der Waals surface area contributed by atoms with Crippen LogP contribution in [0.4, 0.5) is 0 Å². The summed E-state index contributed by atoms with van der Waals surface area (Å²) in [4.78, 5) is 46.3. The topological polar surface area (TPSA) is 99.3 Å². The molecule has 2 aromatic heterocycles. The van der Waals surface area contributed by atoms with E-state index < -0.39 is 0 Å². The van der Waals surface area contributed by atoms with Crippen LogP contribution >= 0.6 is 0 Å². The summed E-state index contributed by atoms with van der Waals surface area (Å²) in [5, 5.41) is 7.39. The summed E-state index contributed by atoms with van der Waals surface area (Å²) in [6.07, 6.45) is 10.3. The Bertz CT molecular complexity index is 1040. The molecule has 6 rings (SSSR count). The molecule has 0 aromatic carbocycles. The summed E-state index contributed by atoms with van der Waals surface area (Å²) >= 11 is 0. The van der Waals surface area contributed by atoms with E-state index in [9.17, 15) is 14.4 Å². The molecule has 8 nitrogen and oxygen atoms in total. The molecule has 4 fully saturated rings. The largest absolute Gasteiger partial charge is 0.340 e. The number of nitrogens with one attached hydrogen (secondary N) is 1. The highest BCUT2D eigenvalue weighted by Gasteiger charge is 2.61. The van der Waals surface area contributed by atoms with Gasteiger partial charge in [-0.25, -0.2) is 0 Å². The Labute approximate surface area is 186 Å². The number of fused-ring (bicyclic) bond motifs is 5. The number of likely N-dealkylation sites (tertiary alicyclic amines) is 2. The zero-order chi connectivity index (χ0) is 21.8. The second-order valence-corrected chi connectivity index (χ2v) is 9.76. The number of aromatic nitrogens is 3. The van der Waals surface area contributed by atoms with E-state index >= 15 is 0 Å². The van der Waals surface area contributed by atoms with Gasteiger partial charge in [0.25, 0.3) is 0 Å². The average Bonchev–Trinajstić information content (AvgIpc) is 3.61. The van der Waals surface area contributed by atoms with Gasteiger partial charge in [-0.05, 0) is 61.6 Å². The predicted octanol–water partition coefficient (Wildman–Crippen LogP) is 2.21. The van der Waals surface area contributed by atoms with Crippen molar-refractivity contribution in [3.8, 4) is 11.1 Å². The Morgan fingerprint density at radius 1 is 1.06 bits per heavy atom. The van der Waals surface area contributed by atoms with Crippen LogP contribution in [0.1, 0.15) is 43.7 Å². The maximum Gasteiger partial charge on any atom is 0.242 e. The van der Waals surface area contributed by atoms with E-state index in [-0.39, 0.29) is 42.0 Å². The van der Waals surface area contributed by atoms with E-state index in [4.69, 9.17) is 0 Å². The molecule has 2 aromatic rings. The minimum Gasteiger partial charge on any atom is -0.340 e. The van der Waals surface area contributed by atoms with Gasteiger partial charge in [0.2, 0.25) is 17.7 Å². The Balaban J connectivity index is 1.16. The van der Waals surface area contributed by atoms with Gasteiger partial charge in [0.1, 0.15) is 6.54 Å². The highest BCUT2D eigenvalue weighted by atomic mass is 16.2. The summed E-state index contributed by atoms with van der Waals surface area (Å²) in [5.41, 5.74) is 3.09. The second kappa shape index (κ2) is 7.53. The van der Waals surface area contributed by atoms with Crippen LogP contribution in [0.25, 0.3) is 11.1 Å². The number of nitrogens with zero attached hydrogens (tertiary/aromatic N) is 4. The van der Waals surface area contributed by atoms with Crippen LogP contribution in [0.3, 0.4) is 0 Å². The van der Waals surface area contributed by atoms with Crippen molar-refractivity contribution >= 4 is 17.7 Å². The molecule has 3 amide bonds. The number of H-pyrrole nitrogens is 1. The third-order valence-corrected chi connectivity index (χ3v) is 8.15. The molecule has 2 bridgehead atoms. The van der Waals surface area contributed by atoms with E-state index in [1.807, 2.05) is 23.2 Å². The summed E-state index contributed by atoms with van der Waals surface area (Å²) in [7, 11) is 0. The number of hydrogen-bond donors (Lipinski definition) is 1. The van der Waals surface area contributed by atoms with Gasteiger partial charge in [-0.3, -0.25) is 29.4 Å². The minimum absolute atomic E-state index is 0.109. The van der Waals surface area contributed by atoms with Crippen molar-refractivity contribution in [3.63, 3.8) is 0 Å². The van der Waals surface area contributed by atoms with Gasteiger partial charge in [-0.1, -0.05) is 0 Å². The van der Waals surface area contributed by atoms with Crippen molar-refractivity contribution in [1.29, 1.82) is 0 Å². The first-order chi connectivity index (χ1) is 15.6. The zero-order valence-electron chi connectivity index (χ0n) is 17.9. The Kier molecular flexibility index (Phi) is 4.62. The molecular formula is C24H27N5O3. The molecular weight excluding hydrogens is 406 g/mol. The van der Waals surface area contributed by atoms with E-state index in [1.54, 1.807) is 12.4 Å². The quantitative estimate of drug-likeness (QED) is 0.746. The third-order valence-electron chi connectivity index (χ3n) is 8.15. The fourth-order valence-electron chi connectivity index (χ4n) is 6.67. The van der Waals surface area contributed by atoms with Crippen LogP contribution in [0.15, 0.2) is 30.7 Å². The van der Waals surface area contributed by atoms with Gasteiger partial charge < -0.3 is 4.90 Å². The molecule has 5 atom stereocenters. The molecule has 8 heteroatoms. The number of aromatic amines is 1. The molecule has 0 radical (unpaired) electrons. The Morgan fingerprint density at radius 2 is 1.78 bits per heavy atom. The van der Waals surface area contributed by atoms with Crippen LogP contribution in [0.2, 0.25) is 0 Å². The van der Waals surface area contributed by atoms with E-state index in [0.29, 0.717) is 24.9 Å². The van der Waals surface area contributed by atoms with Crippen molar-refractivity contribution in [2.24, 2.45) is 23.7 Å². The van der Waals surface area contributed by atoms with Gasteiger partial charge in [0.05, 0.1) is 18.0 Å². The zero-order valence-corrected chi connectivity index (χ0v) is 17.9. The third kappa shape index (κ3) is 2.99. The molecule has 0 unspecified atom stereocenters. The number of carbonyl (C=O) groups excluding carboxylic acids is 3. The van der Waals surface area contributed by atoms with Crippen LogP contribution < -0.4 is 0 Å². The standard InChI is InChI=1S/C24H27N5O3/c30-19(13-29-23(31)20-15-3-4-16(10-15)21(20)24(29)32)28-9-1-2-17(12-28)22-18(11-26-27-22)14-5-7-25-8-6-14/h5-8,11,15-17,20-21H,1-4,9-10,12-13H2,(H,26,27)/t15-,16+,17-,20-,21+/m1/s1. The fraction of sp³-hybridized carbons (Fsp3) is 0.542. The number of imide groups is 1. The lowest BCUT2D eigenvalue weighted by molar-refractivity contribution is -0.147. The number of hydrogen-bond acceptors (Lipinski definition) is 5. The molecule has 4 heterocycles. The van der Waals surface area contributed by atoms with Crippen molar-refractivity contribution in [2.75, 3.05) is 19.6 Å². The predicted molar refractivity (Wildman–Crippen MR) is 115 cm³/mol. The number of piperidine rings is 1. The number of pyridine rings is 1. The first-order valence-corrected chi connectivity index (χ1v) is 11.7. The maximum atomic E-state index is 13.2. The maximum absolute atomic E-state index is 13.2. The first-order valence-electron chi connectivity index (χ1n) is 11.7. The monoisotopic (exact) mass is 433 g/mol. The number of rotatable bonds is 4. The van der Waals surface area contributed by atoms with E-state index in [0.717, 1.165) is 48.9 Å². The smallest absolute Gasteiger partial charge is 0.242 e. The molecule has 2 aliphatic heterocycles. The van der Waals surface area contributed by atoms with Gasteiger partial charge >= 0.3 is 0 Å². The SMILES string of the molecule is O=C(CN1C(=O)[C@@H]2[C@@H]3CC[C@@H](C3)[C@@H]2C1=O)N1CCC[C@@H](c2[nH]ncc2-c2ccncc2)C1. The summed E-state index contributed by atoms with van der Waals surface area (Å²) in [5.74, 6) is 0.130. The summed E-state index contributed by atoms with van der Waals surface area (Å²) in [6.45, 7) is 1.10. The number of carbonyl (C=O) groups is 3. The van der Waals surface area contributed by atoms with Crippen molar-refractivity contribution < 1.29 is 14.4 Å². The highest BCUT2D eigenvalue weighted by Crippen LogP contribution is 2.56. The molecule has 1 N–H and O–H groups in total. The average molecular weight is 434 g/mol. The van der Waals surface area contributed by atoms with Gasteiger partial charge in [-0.15, -0.1) is 0 Å². The van der Waals surface area contributed by atoms with Gasteiger partial charge in [0.15, 0.2) is 0 Å². The molecule has 2 aliphatic carbocycles. The first kappa shape index (κ1) is 19.6. The van der Waals surface area contributed by atoms with Crippen LogP contribution in [-0.2, 0) is 14.4 Å². The molecule has 0 spiro atoms. The highest BCUT2D eigenvalue weighted by molar-refractivity contribution is 6.08. The van der Waals surface area contributed by atoms with Gasteiger partial charge in [-0.2, -0.15) is 5.10 Å². The molecule has 4 aliphatic rings. The van der Waals surface area contributed by atoms with E-state index in [2.05, 4.69) is 15.2 Å². The van der Waals surface area contributed by atoms with Crippen LogP contribution in [-0.4, -0.2) is 62.3 Å². The van der Waals surface area contributed by atoms with Crippen LogP contribution in [0.5, 0.6) is 0 Å². The van der Waals surface area contributed by atoms with Crippen LogP contribution in [0, 0.1) is 23.7 Å². The lowest BCUT2D eigenvalue weighted by atomic mass is 9.81. The molecule has 166 valence electrons. The summed E-state index contributed by atoms with van der Waals surface area (Å²) in [6, 6.07) is 3.91. The second-order valence-electron chi connectivity index (χ2n) is 9.76. The Hall–Kier alpha value is -3.03. The minimum atomic E-state index is -0.170. The normalized spacial score (nSPS) is 31.4. The van der Waals surface area contributed by atoms with E-state index in [1.165, 1.54) is 4.90 Å². The van der Waals surface area contributed by atoms with Crippen molar-refractivity contribution in [2.45, 2.75) is 38.0 Å². The van der Waals surface area contributed by atoms with Crippen molar-refractivity contribution in [1.82, 2.24) is 25.0 Å². The molecule has 32 heavy (non-hydrogen) atoms. The lowest BCUT2D eigenvalue weighted by Crippen LogP contribution is -2.46. The van der Waals surface area contributed by atoms with Crippen molar-refractivity contribution in [3.05, 3.63) is 36.4 Å².